The SMILES string of the molecule is Cc1ccc(N2C(=O)CS[C@]23C(=O)N(CN2CCOCC2)c2ccccc23)cc1. The monoisotopic (exact) mass is 409 g/mol. The van der Waals surface area contributed by atoms with Crippen molar-refractivity contribution in [3.63, 3.8) is 0 Å². The molecular formula is C22H23N3O3S. The second-order valence-electron chi connectivity index (χ2n) is 7.62. The van der Waals surface area contributed by atoms with E-state index in [0.29, 0.717) is 25.6 Å². The Morgan fingerprint density at radius 3 is 2.52 bits per heavy atom. The topological polar surface area (TPSA) is 53.1 Å². The maximum Gasteiger partial charge on any atom is 0.269 e. The van der Waals surface area contributed by atoms with Crippen LogP contribution in [0.1, 0.15) is 11.1 Å². The number of hydrogen-bond acceptors (Lipinski definition) is 5. The van der Waals surface area contributed by atoms with E-state index in [4.69, 9.17) is 4.74 Å². The first-order valence-electron chi connectivity index (χ1n) is 9.86. The third-order valence-electron chi connectivity index (χ3n) is 5.80. The zero-order valence-electron chi connectivity index (χ0n) is 16.3. The third-order valence-corrected chi connectivity index (χ3v) is 7.19. The summed E-state index contributed by atoms with van der Waals surface area (Å²) >= 11 is 1.43. The predicted molar refractivity (Wildman–Crippen MR) is 114 cm³/mol. The lowest BCUT2D eigenvalue weighted by molar-refractivity contribution is -0.124. The summed E-state index contributed by atoms with van der Waals surface area (Å²) in [6, 6.07) is 15.7. The van der Waals surface area contributed by atoms with Crippen LogP contribution in [0.15, 0.2) is 48.5 Å². The van der Waals surface area contributed by atoms with Crippen molar-refractivity contribution in [1.29, 1.82) is 0 Å². The first-order chi connectivity index (χ1) is 14.1. The van der Waals surface area contributed by atoms with E-state index in [0.717, 1.165) is 35.6 Å². The Kier molecular flexibility index (Phi) is 4.61. The highest BCUT2D eigenvalue weighted by Gasteiger charge is 2.61. The Hall–Kier alpha value is -2.35. The molecule has 0 unspecified atom stereocenters. The van der Waals surface area contributed by atoms with Crippen LogP contribution in [0.2, 0.25) is 0 Å². The van der Waals surface area contributed by atoms with Crippen molar-refractivity contribution in [3.8, 4) is 0 Å². The highest BCUT2D eigenvalue weighted by atomic mass is 32.2. The van der Waals surface area contributed by atoms with Crippen molar-refractivity contribution >= 4 is 35.0 Å². The number of benzene rings is 2. The van der Waals surface area contributed by atoms with Gasteiger partial charge in [-0.2, -0.15) is 0 Å². The van der Waals surface area contributed by atoms with E-state index in [2.05, 4.69) is 4.90 Å². The minimum Gasteiger partial charge on any atom is -0.379 e. The van der Waals surface area contributed by atoms with Crippen LogP contribution in [0.4, 0.5) is 11.4 Å². The molecule has 1 spiro atoms. The van der Waals surface area contributed by atoms with Gasteiger partial charge in [-0.15, -0.1) is 11.8 Å². The molecule has 0 aromatic heterocycles. The number of hydrogen-bond donors (Lipinski definition) is 0. The fraction of sp³-hybridized carbons (Fsp3) is 0.364. The van der Waals surface area contributed by atoms with Crippen LogP contribution in [0.3, 0.4) is 0 Å². The summed E-state index contributed by atoms with van der Waals surface area (Å²) < 4.78 is 5.45. The molecule has 29 heavy (non-hydrogen) atoms. The van der Waals surface area contributed by atoms with Crippen molar-refractivity contribution in [2.24, 2.45) is 0 Å². The number of anilines is 2. The molecule has 3 aliphatic heterocycles. The van der Waals surface area contributed by atoms with Gasteiger partial charge in [-0.05, 0) is 25.1 Å². The first-order valence-corrected chi connectivity index (χ1v) is 10.8. The highest BCUT2D eigenvalue weighted by Crippen LogP contribution is 2.55. The average Bonchev–Trinajstić information content (AvgIpc) is 3.21. The lowest BCUT2D eigenvalue weighted by Crippen LogP contribution is -2.52. The van der Waals surface area contributed by atoms with Gasteiger partial charge in [0.25, 0.3) is 5.91 Å². The summed E-state index contributed by atoms with van der Waals surface area (Å²) in [5.41, 5.74) is 3.68. The van der Waals surface area contributed by atoms with Crippen molar-refractivity contribution in [2.45, 2.75) is 11.8 Å². The van der Waals surface area contributed by atoms with E-state index in [9.17, 15) is 9.59 Å². The normalized spacial score (nSPS) is 24.6. The molecule has 2 saturated heterocycles. The average molecular weight is 410 g/mol. The second kappa shape index (κ2) is 7.16. The number of nitrogens with zero attached hydrogens (tertiary/aromatic N) is 3. The number of aryl methyl sites for hydroxylation is 1. The zero-order chi connectivity index (χ0) is 20.0. The summed E-state index contributed by atoms with van der Waals surface area (Å²) in [7, 11) is 0. The molecule has 6 nitrogen and oxygen atoms in total. The van der Waals surface area contributed by atoms with Gasteiger partial charge in [-0.1, -0.05) is 35.9 Å². The Morgan fingerprint density at radius 1 is 1.03 bits per heavy atom. The van der Waals surface area contributed by atoms with Crippen molar-refractivity contribution < 1.29 is 14.3 Å². The Bertz CT molecular complexity index is 958. The molecule has 2 amide bonds. The molecule has 2 aromatic carbocycles. The summed E-state index contributed by atoms with van der Waals surface area (Å²) in [6.45, 7) is 5.48. The van der Waals surface area contributed by atoms with Gasteiger partial charge in [0.1, 0.15) is 0 Å². The largest absolute Gasteiger partial charge is 0.379 e. The van der Waals surface area contributed by atoms with Crippen molar-refractivity contribution in [3.05, 3.63) is 59.7 Å². The number of morpholine rings is 1. The lowest BCUT2D eigenvalue weighted by atomic mass is 10.0. The number of para-hydroxylation sites is 1. The third kappa shape index (κ3) is 2.87. The number of rotatable bonds is 3. The molecule has 0 bridgehead atoms. The van der Waals surface area contributed by atoms with Crippen LogP contribution in [0.5, 0.6) is 0 Å². The Labute approximate surface area is 174 Å². The van der Waals surface area contributed by atoms with Crippen LogP contribution in [0.25, 0.3) is 0 Å². The second-order valence-corrected chi connectivity index (χ2v) is 8.79. The van der Waals surface area contributed by atoms with Crippen molar-refractivity contribution in [1.82, 2.24) is 4.90 Å². The highest BCUT2D eigenvalue weighted by molar-refractivity contribution is 8.02. The van der Waals surface area contributed by atoms with Gasteiger partial charge in [0.2, 0.25) is 10.8 Å². The molecule has 3 heterocycles. The molecule has 2 aromatic rings. The van der Waals surface area contributed by atoms with Crippen LogP contribution in [-0.2, 0) is 19.2 Å². The maximum atomic E-state index is 13.9. The molecule has 2 fully saturated rings. The van der Waals surface area contributed by atoms with Gasteiger partial charge in [-0.3, -0.25) is 24.3 Å². The van der Waals surface area contributed by atoms with Gasteiger partial charge in [0.05, 0.1) is 31.3 Å². The van der Waals surface area contributed by atoms with Crippen LogP contribution >= 0.6 is 11.8 Å². The standard InChI is InChI=1S/C22H23N3O3S/c1-16-6-8-17(9-7-16)25-20(26)14-29-22(25)18-4-2-3-5-19(18)24(21(22)27)15-23-10-12-28-13-11-23/h2-9H,10-15H2,1H3/t22-/m1/s1. The Balaban J connectivity index is 1.59. The minimum atomic E-state index is -1.03. The molecule has 150 valence electrons. The molecule has 0 N–H and O–H groups in total. The molecule has 3 aliphatic rings. The minimum absolute atomic E-state index is 0.0322. The van der Waals surface area contributed by atoms with E-state index in [1.54, 1.807) is 4.90 Å². The van der Waals surface area contributed by atoms with Crippen LogP contribution in [-0.4, -0.2) is 55.4 Å². The molecule has 7 heteroatoms. The van der Waals surface area contributed by atoms with E-state index < -0.39 is 4.87 Å². The smallest absolute Gasteiger partial charge is 0.269 e. The number of amides is 2. The van der Waals surface area contributed by atoms with Gasteiger partial charge < -0.3 is 4.74 Å². The first kappa shape index (κ1) is 18.7. The molecule has 0 radical (unpaired) electrons. The van der Waals surface area contributed by atoms with E-state index in [-0.39, 0.29) is 11.8 Å². The van der Waals surface area contributed by atoms with Crippen LogP contribution in [0, 0.1) is 6.92 Å². The lowest BCUT2D eigenvalue weighted by Gasteiger charge is -2.35. The molecule has 1 atom stereocenters. The van der Waals surface area contributed by atoms with Crippen molar-refractivity contribution in [2.75, 3.05) is 48.5 Å². The number of carbonyl (C=O) groups is 2. The number of carbonyl (C=O) groups excluding carboxylic acids is 2. The maximum absolute atomic E-state index is 13.9. The number of thioether (sulfide) groups is 1. The summed E-state index contributed by atoms with van der Waals surface area (Å²) in [5, 5.41) is 0. The molecule has 0 aliphatic carbocycles. The fourth-order valence-corrected chi connectivity index (χ4v) is 5.69. The van der Waals surface area contributed by atoms with E-state index in [1.807, 2.05) is 60.4 Å². The molecule has 0 saturated carbocycles. The predicted octanol–water partition coefficient (Wildman–Crippen LogP) is 2.56. The van der Waals surface area contributed by atoms with Gasteiger partial charge in [-0.25, -0.2) is 0 Å². The van der Waals surface area contributed by atoms with Crippen LogP contribution < -0.4 is 9.80 Å². The van der Waals surface area contributed by atoms with Gasteiger partial charge in [0.15, 0.2) is 0 Å². The van der Waals surface area contributed by atoms with E-state index in [1.165, 1.54) is 11.8 Å². The van der Waals surface area contributed by atoms with Gasteiger partial charge >= 0.3 is 0 Å². The van der Waals surface area contributed by atoms with Gasteiger partial charge in [0, 0.05) is 24.3 Å². The summed E-state index contributed by atoms with van der Waals surface area (Å²) in [6.07, 6.45) is 0. The quantitative estimate of drug-likeness (QED) is 0.780. The molecular weight excluding hydrogens is 386 g/mol. The summed E-state index contributed by atoms with van der Waals surface area (Å²) in [5.74, 6) is 0.219. The summed E-state index contributed by atoms with van der Waals surface area (Å²) in [4.78, 5) is 31.6. The fourth-order valence-electron chi connectivity index (χ4n) is 4.33. The number of fused-ring (bicyclic) bond motifs is 2. The Morgan fingerprint density at radius 2 is 1.76 bits per heavy atom. The van der Waals surface area contributed by atoms with E-state index >= 15 is 0 Å². The molecule has 5 rings (SSSR count). The zero-order valence-corrected chi connectivity index (χ0v) is 17.2. The number of ether oxygens (including phenoxy) is 1.